The van der Waals surface area contributed by atoms with E-state index >= 15 is 0 Å². The van der Waals surface area contributed by atoms with Crippen molar-refractivity contribution in [2.24, 2.45) is 0 Å². The van der Waals surface area contributed by atoms with Crippen molar-refractivity contribution in [2.45, 2.75) is 12.3 Å². The van der Waals surface area contributed by atoms with E-state index in [-0.39, 0.29) is 5.97 Å². The summed E-state index contributed by atoms with van der Waals surface area (Å²) >= 11 is 6.22. The summed E-state index contributed by atoms with van der Waals surface area (Å²) in [6.07, 6.45) is 2.88. The number of nitrogens with zero attached hydrogens (tertiary/aromatic N) is 1. The zero-order chi connectivity index (χ0) is 13.4. The largest absolute Gasteiger partial charge is 0.465 e. The van der Waals surface area contributed by atoms with Crippen LogP contribution < -0.4 is 0 Å². The molecule has 1 saturated heterocycles. The summed E-state index contributed by atoms with van der Waals surface area (Å²) in [7, 11) is 1.38. The Morgan fingerprint density at radius 3 is 3.11 bits per heavy atom. The first kappa shape index (κ1) is 12.5. The van der Waals surface area contributed by atoms with Crippen molar-refractivity contribution in [3.63, 3.8) is 0 Å². The maximum atomic E-state index is 11.9. The van der Waals surface area contributed by atoms with Crippen molar-refractivity contribution >= 4 is 23.1 Å². The molecule has 0 saturated carbocycles. The predicted molar refractivity (Wildman–Crippen MR) is 71.9 cm³/mol. The average Bonchev–Trinajstić information content (AvgIpc) is 3.05. The Balaban J connectivity index is 2.23. The highest BCUT2D eigenvalue weighted by Gasteiger charge is 2.25. The third-order valence-corrected chi connectivity index (χ3v) is 3.83. The molecule has 0 spiro atoms. The van der Waals surface area contributed by atoms with Crippen LogP contribution in [0.2, 0.25) is 5.02 Å². The fraction of sp³-hybridized carbons (Fsp3) is 0.357. The van der Waals surface area contributed by atoms with E-state index in [1.807, 2.05) is 22.7 Å². The standard InChI is InChI=1S/C14H14ClNO3/c1-18-14(17)10-7-12(9-4-6-19-8-9)16-5-2-3-11(15)13(10)16/h2-3,5,7,9H,4,6,8H2,1H3/t9-/m0/s1. The summed E-state index contributed by atoms with van der Waals surface area (Å²) in [5, 5.41) is 0.549. The number of carbonyl (C=O) groups is 1. The highest BCUT2D eigenvalue weighted by molar-refractivity contribution is 6.34. The Kier molecular flexibility index (Phi) is 3.21. The molecule has 3 rings (SSSR count). The Labute approximate surface area is 115 Å². The van der Waals surface area contributed by atoms with Crippen LogP contribution in [0.1, 0.15) is 28.4 Å². The van der Waals surface area contributed by atoms with E-state index in [1.54, 1.807) is 6.07 Å². The molecule has 0 radical (unpaired) electrons. The fourth-order valence-electron chi connectivity index (χ4n) is 2.59. The van der Waals surface area contributed by atoms with Crippen LogP contribution in [0.25, 0.3) is 5.52 Å². The summed E-state index contributed by atoms with van der Waals surface area (Å²) in [5.41, 5.74) is 2.27. The third-order valence-electron chi connectivity index (χ3n) is 3.52. The molecule has 0 unspecified atom stereocenters. The molecule has 0 amide bonds. The van der Waals surface area contributed by atoms with Crippen molar-refractivity contribution in [1.29, 1.82) is 0 Å². The maximum Gasteiger partial charge on any atom is 0.340 e. The Morgan fingerprint density at radius 1 is 1.58 bits per heavy atom. The molecule has 2 aromatic heterocycles. The molecule has 5 heteroatoms. The Morgan fingerprint density at radius 2 is 2.42 bits per heavy atom. The van der Waals surface area contributed by atoms with Crippen LogP contribution in [0.4, 0.5) is 0 Å². The van der Waals surface area contributed by atoms with E-state index in [2.05, 4.69) is 0 Å². The number of rotatable bonds is 2. The molecule has 0 bridgehead atoms. The molecule has 1 fully saturated rings. The van der Waals surface area contributed by atoms with Gasteiger partial charge in [-0.3, -0.25) is 0 Å². The number of esters is 1. The van der Waals surface area contributed by atoms with E-state index in [0.29, 0.717) is 28.6 Å². The molecule has 0 aromatic carbocycles. The SMILES string of the molecule is COC(=O)c1cc([C@H]2CCOC2)n2cccc(Cl)c12. The summed E-state index contributed by atoms with van der Waals surface area (Å²) in [6, 6.07) is 5.51. The number of hydrogen-bond donors (Lipinski definition) is 0. The van der Waals surface area contributed by atoms with Crippen molar-refractivity contribution in [3.05, 3.63) is 40.7 Å². The molecule has 3 heterocycles. The van der Waals surface area contributed by atoms with Gasteiger partial charge in [-0.05, 0) is 24.6 Å². The minimum absolute atomic E-state index is 0.296. The van der Waals surface area contributed by atoms with E-state index < -0.39 is 0 Å². The van der Waals surface area contributed by atoms with Gasteiger partial charge in [0, 0.05) is 24.4 Å². The van der Waals surface area contributed by atoms with Crippen LogP contribution in [0.5, 0.6) is 0 Å². The fourth-order valence-corrected chi connectivity index (χ4v) is 2.85. The van der Waals surface area contributed by atoms with E-state index in [1.165, 1.54) is 7.11 Å². The van der Waals surface area contributed by atoms with Crippen molar-refractivity contribution in [3.8, 4) is 0 Å². The first-order valence-electron chi connectivity index (χ1n) is 6.18. The van der Waals surface area contributed by atoms with Crippen LogP contribution >= 0.6 is 11.6 Å². The highest BCUT2D eigenvalue weighted by Crippen LogP contribution is 2.32. The summed E-state index contributed by atoms with van der Waals surface area (Å²) in [6.45, 7) is 1.44. The second kappa shape index (κ2) is 4.87. The van der Waals surface area contributed by atoms with Gasteiger partial charge in [-0.25, -0.2) is 4.79 Å². The topological polar surface area (TPSA) is 39.9 Å². The number of pyridine rings is 1. The third kappa shape index (κ3) is 2.01. The minimum atomic E-state index is -0.365. The molecule has 0 aliphatic carbocycles. The van der Waals surface area contributed by atoms with Gasteiger partial charge in [0.2, 0.25) is 0 Å². The van der Waals surface area contributed by atoms with Gasteiger partial charge in [0.25, 0.3) is 0 Å². The maximum absolute atomic E-state index is 11.9. The smallest absolute Gasteiger partial charge is 0.340 e. The van der Waals surface area contributed by atoms with Crippen molar-refractivity contribution in [2.75, 3.05) is 20.3 Å². The Bertz CT molecular complexity index is 629. The quantitative estimate of drug-likeness (QED) is 0.794. The van der Waals surface area contributed by atoms with Gasteiger partial charge in [-0.1, -0.05) is 11.6 Å². The van der Waals surface area contributed by atoms with Crippen molar-refractivity contribution < 1.29 is 14.3 Å². The lowest BCUT2D eigenvalue weighted by Gasteiger charge is -2.08. The summed E-state index contributed by atoms with van der Waals surface area (Å²) in [4.78, 5) is 11.9. The molecule has 0 N–H and O–H groups in total. The highest BCUT2D eigenvalue weighted by atomic mass is 35.5. The molecule has 2 aromatic rings. The molecule has 100 valence electrons. The lowest BCUT2D eigenvalue weighted by Crippen LogP contribution is -2.01. The van der Waals surface area contributed by atoms with Crippen LogP contribution in [0, 0.1) is 0 Å². The number of hydrogen-bond acceptors (Lipinski definition) is 3. The first-order valence-corrected chi connectivity index (χ1v) is 6.55. The first-order chi connectivity index (χ1) is 9.22. The second-order valence-corrected chi connectivity index (χ2v) is 5.02. The van der Waals surface area contributed by atoms with Gasteiger partial charge >= 0.3 is 5.97 Å². The number of aromatic nitrogens is 1. The molecule has 19 heavy (non-hydrogen) atoms. The number of halogens is 1. The van der Waals surface area contributed by atoms with E-state index in [0.717, 1.165) is 18.7 Å². The van der Waals surface area contributed by atoms with Gasteiger partial charge < -0.3 is 13.9 Å². The van der Waals surface area contributed by atoms with Crippen molar-refractivity contribution in [1.82, 2.24) is 4.40 Å². The summed E-state index contributed by atoms with van der Waals surface area (Å²) in [5.74, 6) is -0.0693. The number of carbonyl (C=O) groups excluding carboxylic acids is 1. The van der Waals surface area contributed by atoms with Crippen LogP contribution in [-0.2, 0) is 9.47 Å². The van der Waals surface area contributed by atoms with Gasteiger partial charge in [0.05, 0.1) is 29.8 Å². The summed E-state index contributed by atoms with van der Waals surface area (Å²) < 4.78 is 12.2. The lowest BCUT2D eigenvalue weighted by atomic mass is 10.0. The average molecular weight is 280 g/mol. The van der Waals surface area contributed by atoms with E-state index in [9.17, 15) is 4.79 Å². The van der Waals surface area contributed by atoms with E-state index in [4.69, 9.17) is 21.1 Å². The second-order valence-electron chi connectivity index (χ2n) is 4.61. The minimum Gasteiger partial charge on any atom is -0.465 e. The van der Waals surface area contributed by atoms with Crippen LogP contribution in [-0.4, -0.2) is 30.7 Å². The molecular weight excluding hydrogens is 266 g/mol. The lowest BCUT2D eigenvalue weighted by molar-refractivity contribution is 0.0603. The molecule has 1 aliphatic rings. The van der Waals surface area contributed by atoms with Crippen LogP contribution in [0.15, 0.2) is 24.4 Å². The van der Waals surface area contributed by atoms with Gasteiger partial charge in [0.15, 0.2) is 0 Å². The van der Waals surface area contributed by atoms with Gasteiger partial charge in [0.1, 0.15) is 0 Å². The Hall–Kier alpha value is -1.52. The number of methoxy groups -OCH3 is 1. The number of ether oxygens (including phenoxy) is 2. The monoisotopic (exact) mass is 279 g/mol. The van der Waals surface area contributed by atoms with Crippen LogP contribution in [0.3, 0.4) is 0 Å². The van der Waals surface area contributed by atoms with Gasteiger partial charge in [-0.15, -0.1) is 0 Å². The zero-order valence-corrected chi connectivity index (χ0v) is 11.3. The zero-order valence-electron chi connectivity index (χ0n) is 10.6. The normalized spacial score (nSPS) is 18.9. The molecule has 1 atom stereocenters. The molecule has 1 aliphatic heterocycles. The molecule has 4 nitrogen and oxygen atoms in total. The van der Waals surface area contributed by atoms with Gasteiger partial charge in [-0.2, -0.15) is 0 Å². The predicted octanol–water partition coefficient (Wildman–Crippen LogP) is 2.88. The number of fused-ring (bicyclic) bond motifs is 1. The molecular formula is C14H14ClNO3.